The summed E-state index contributed by atoms with van der Waals surface area (Å²) in [7, 11) is 3.94. The average Bonchev–Trinajstić information content (AvgIpc) is 2.75. The van der Waals surface area contributed by atoms with Gasteiger partial charge >= 0.3 is 8.80 Å². The molecule has 0 rings (SSSR count). The van der Waals surface area contributed by atoms with Gasteiger partial charge < -0.3 is 47.0 Å². The molecule has 10 nitrogen and oxygen atoms in total. The van der Waals surface area contributed by atoms with Gasteiger partial charge in [0.2, 0.25) is 0 Å². The largest absolute Gasteiger partial charge is 0.501 e. The van der Waals surface area contributed by atoms with E-state index >= 15 is 0 Å². The number of hydrogen-bond donors (Lipinski definition) is 1. The van der Waals surface area contributed by atoms with Crippen LogP contribution in [0.1, 0.15) is 6.42 Å². The van der Waals surface area contributed by atoms with Gasteiger partial charge in [0.25, 0.3) is 0 Å². The average molecular weight is 458 g/mol. The van der Waals surface area contributed by atoms with Crippen molar-refractivity contribution < 1.29 is 41.7 Å². The van der Waals surface area contributed by atoms with Crippen molar-refractivity contribution in [1.82, 2.24) is 5.32 Å². The van der Waals surface area contributed by atoms with Gasteiger partial charge in [-0.1, -0.05) is 0 Å². The smallest absolute Gasteiger partial charge is 0.382 e. The standard InChI is InChI=1S/C19H43NO9Si/c1-20-6-5-19-30(27-16-13-24-10-7-21-2,28-17-14-25-11-8-22-3)29-18-15-26-12-9-23-4/h20H,5-19H2,1-4H3. The molecule has 11 heteroatoms. The van der Waals surface area contributed by atoms with Crippen LogP contribution in [0.5, 0.6) is 0 Å². The molecule has 0 bridgehead atoms. The Labute approximate surface area is 183 Å². The molecule has 182 valence electrons. The van der Waals surface area contributed by atoms with E-state index in [0.717, 1.165) is 13.0 Å². The highest BCUT2D eigenvalue weighted by molar-refractivity contribution is 6.60. The van der Waals surface area contributed by atoms with E-state index in [-0.39, 0.29) is 0 Å². The summed E-state index contributed by atoms with van der Waals surface area (Å²) in [4.78, 5) is 0. The molecule has 0 saturated heterocycles. The third-order valence-corrected chi connectivity index (χ3v) is 6.75. The molecule has 30 heavy (non-hydrogen) atoms. The molecule has 0 saturated carbocycles. The van der Waals surface area contributed by atoms with E-state index < -0.39 is 8.80 Å². The van der Waals surface area contributed by atoms with Crippen molar-refractivity contribution >= 4 is 8.80 Å². The zero-order chi connectivity index (χ0) is 22.2. The van der Waals surface area contributed by atoms with E-state index in [2.05, 4.69) is 5.32 Å². The summed E-state index contributed by atoms with van der Waals surface area (Å²) < 4.78 is 49.9. The van der Waals surface area contributed by atoms with Crippen LogP contribution >= 0.6 is 0 Å². The molecule has 0 heterocycles. The van der Waals surface area contributed by atoms with Crippen molar-refractivity contribution in [3.63, 3.8) is 0 Å². The van der Waals surface area contributed by atoms with Crippen LogP contribution in [0, 0.1) is 0 Å². The van der Waals surface area contributed by atoms with Gasteiger partial charge in [0, 0.05) is 27.4 Å². The van der Waals surface area contributed by atoms with Crippen LogP contribution in [0.25, 0.3) is 0 Å². The van der Waals surface area contributed by atoms with Gasteiger partial charge in [0.05, 0.1) is 79.3 Å². The van der Waals surface area contributed by atoms with Crippen molar-refractivity contribution in [3.05, 3.63) is 0 Å². The molecule has 0 radical (unpaired) electrons. The Bertz CT molecular complexity index is 302. The summed E-state index contributed by atoms with van der Waals surface area (Å²) in [5, 5.41) is 3.15. The predicted octanol–water partition coefficient (Wildman–Crippen LogP) is 0.574. The number of rotatable bonds is 25. The van der Waals surface area contributed by atoms with E-state index in [0.29, 0.717) is 85.3 Å². The zero-order valence-corrected chi connectivity index (χ0v) is 20.3. The van der Waals surface area contributed by atoms with E-state index in [1.807, 2.05) is 7.05 Å². The molecule has 1 N–H and O–H groups in total. The van der Waals surface area contributed by atoms with E-state index in [9.17, 15) is 0 Å². The van der Waals surface area contributed by atoms with Crippen LogP contribution in [-0.2, 0) is 41.7 Å². The van der Waals surface area contributed by atoms with Crippen LogP contribution in [0.4, 0.5) is 0 Å². The van der Waals surface area contributed by atoms with Crippen LogP contribution < -0.4 is 5.32 Å². The maximum absolute atomic E-state index is 6.15. The fourth-order valence-corrected chi connectivity index (χ4v) is 4.80. The molecule has 0 aromatic heterocycles. The molecule has 0 spiro atoms. The SMILES string of the molecule is CNCCC[Si](OCCOCCOC)(OCCOCCOC)OCCOCCOC. The molecule has 0 amide bonds. The summed E-state index contributed by atoms with van der Waals surface area (Å²) in [5.41, 5.74) is 0. The third-order valence-electron chi connectivity index (χ3n) is 3.85. The third kappa shape index (κ3) is 18.6. The molecule has 0 aliphatic heterocycles. The van der Waals surface area contributed by atoms with Crippen LogP contribution in [0.3, 0.4) is 0 Å². The minimum Gasteiger partial charge on any atom is -0.382 e. The lowest BCUT2D eigenvalue weighted by Gasteiger charge is -2.30. The molecule has 0 fully saturated rings. The second-order valence-electron chi connectivity index (χ2n) is 6.25. The highest BCUT2D eigenvalue weighted by Crippen LogP contribution is 2.18. The Balaban J connectivity index is 4.61. The molecule has 0 aliphatic carbocycles. The lowest BCUT2D eigenvalue weighted by molar-refractivity contribution is -0.0112. The molecule has 0 aromatic carbocycles. The fraction of sp³-hybridized carbons (Fsp3) is 1.00. The Morgan fingerprint density at radius 2 is 0.900 bits per heavy atom. The Kier molecular flexibility index (Phi) is 23.3. The van der Waals surface area contributed by atoms with E-state index in [4.69, 9.17) is 41.7 Å². The monoisotopic (exact) mass is 457 g/mol. The quantitative estimate of drug-likeness (QED) is 0.155. The van der Waals surface area contributed by atoms with Crippen molar-refractivity contribution in [1.29, 1.82) is 0 Å². The second kappa shape index (κ2) is 23.5. The highest BCUT2D eigenvalue weighted by atomic mass is 28.4. The molecule has 0 atom stereocenters. The summed E-state index contributed by atoms with van der Waals surface area (Å²) in [6.45, 7) is 6.61. The molecular formula is C19H43NO9Si. The number of methoxy groups -OCH3 is 3. The minimum absolute atomic E-state index is 0.393. The van der Waals surface area contributed by atoms with Gasteiger partial charge in [-0.15, -0.1) is 0 Å². The van der Waals surface area contributed by atoms with Crippen molar-refractivity contribution in [2.24, 2.45) is 0 Å². The molecule has 0 aliphatic rings. The van der Waals surface area contributed by atoms with Gasteiger partial charge in [-0.05, 0) is 20.0 Å². The van der Waals surface area contributed by atoms with Gasteiger partial charge in [-0.2, -0.15) is 0 Å². The van der Waals surface area contributed by atoms with Crippen LogP contribution in [0.15, 0.2) is 0 Å². The lowest BCUT2D eigenvalue weighted by atomic mass is 10.5. The van der Waals surface area contributed by atoms with Gasteiger partial charge in [-0.3, -0.25) is 0 Å². The molecule has 0 aromatic rings. The number of hydrogen-bond acceptors (Lipinski definition) is 10. The first-order valence-corrected chi connectivity index (χ1v) is 12.4. The maximum atomic E-state index is 6.15. The van der Waals surface area contributed by atoms with Gasteiger partial charge in [-0.25, -0.2) is 0 Å². The van der Waals surface area contributed by atoms with E-state index in [1.54, 1.807) is 21.3 Å². The first-order valence-electron chi connectivity index (χ1n) is 10.5. The van der Waals surface area contributed by atoms with Crippen molar-refractivity contribution in [2.75, 3.05) is 114 Å². The normalized spacial score (nSPS) is 12.0. The van der Waals surface area contributed by atoms with Crippen molar-refractivity contribution in [2.45, 2.75) is 12.5 Å². The second-order valence-corrected chi connectivity index (χ2v) is 8.98. The Morgan fingerprint density at radius 1 is 0.533 bits per heavy atom. The van der Waals surface area contributed by atoms with Crippen molar-refractivity contribution in [3.8, 4) is 0 Å². The fourth-order valence-electron chi connectivity index (χ4n) is 2.32. The van der Waals surface area contributed by atoms with Gasteiger partial charge in [0.15, 0.2) is 0 Å². The Hall–Kier alpha value is -0.183. The summed E-state index contributed by atoms with van der Waals surface area (Å²) in [5.74, 6) is 0. The first-order chi connectivity index (χ1) is 14.7. The summed E-state index contributed by atoms with van der Waals surface area (Å²) in [6.07, 6.45) is 0.877. The van der Waals surface area contributed by atoms with Gasteiger partial charge in [0.1, 0.15) is 0 Å². The topological polar surface area (TPSA) is 95.1 Å². The molecular weight excluding hydrogens is 414 g/mol. The lowest BCUT2D eigenvalue weighted by Crippen LogP contribution is -2.48. The van der Waals surface area contributed by atoms with Crippen LogP contribution in [0.2, 0.25) is 6.04 Å². The maximum Gasteiger partial charge on any atom is 0.501 e. The zero-order valence-electron chi connectivity index (χ0n) is 19.3. The number of nitrogens with one attached hydrogen (secondary N) is 1. The Morgan fingerprint density at radius 3 is 1.23 bits per heavy atom. The first kappa shape index (κ1) is 29.8. The van der Waals surface area contributed by atoms with Crippen LogP contribution in [-0.4, -0.2) is 123 Å². The minimum atomic E-state index is -2.91. The predicted molar refractivity (Wildman–Crippen MR) is 115 cm³/mol. The number of ether oxygens (including phenoxy) is 6. The molecule has 0 unspecified atom stereocenters. The highest BCUT2D eigenvalue weighted by Gasteiger charge is 2.40. The summed E-state index contributed by atoms with van der Waals surface area (Å²) >= 11 is 0. The summed E-state index contributed by atoms with van der Waals surface area (Å²) in [6, 6.07) is 0.696. The van der Waals surface area contributed by atoms with E-state index in [1.165, 1.54) is 0 Å².